The maximum absolute atomic E-state index is 12.2. The van der Waals surface area contributed by atoms with Crippen LogP contribution < -0.4 is 16.8 Å². The lowest BCUT2D eigenvalue weighted by Crippen LogP contribution is -2.47. The van der Waals surface area contributed by atoms with Crippen LogP contribution in [0.25, 0.3) is 10.8 Å². The lowest BCUT2D eigenvalue weighted by Gasteiger charge is -2.19. The summed E-state index contributed by atoms with van der Waals surface area (Å²) in [6.45, 7) is 0.614. The number of fused-ring (bicyclic) bond motifs is 1. The molecular weight excluding hydrogens is 306 g/mol. The summed E-state index contributed by atoms with van der Waals surface area (Å²) in [7, 11) is 0. The molecule has 0 aliphatic heterocycles. The average molecular weight is 331 g/mol. The first kappa shape index (κ1) is 17.8. The van der Waals surface area contributed by atoms with E-state index >= 15 is 0 Å². The van der Waals surface area contributed by atoms with Crippen molar-refractivity contribution in [1.29, 1.82) is 0 Å². The molecule has 0 spiro atoms. The summed E-state index contributed by atoms with van der Waals surface area (Å²) in [5.74, 6) is 0.461. The molecule has 124 valence electrons. The Morgan fingerprint density at radius 3 is 2.61 bits per heavy atom. The Kier molecular flexibility index (Phi) is 6.89. The lowest BCUT2D eigenvalue weighted by atomic mass is 10.0. The van der Waals surface area contributed by atoms with Gasteiger partial charge < -0.3 is 16.8 Å². The molecule has 5 heteroatoms. The summed E-state index contributed by atoms with van der Waals surface area (Å²) in [6, 6.07) is 13.8. The third kappa shape index (κ3) is 5.23. The van der Waals surface area contributed by atoms with Crippen LogP contribution in [0.4, 0.5) is 0 Å². The largest absolute Gasteiger partial charge is 0.351 e. The fourth-order valence-corrected chi connectivity index (χ4v) is 2.87. The smallest absolute Gasteiger partial charge is 0.237 e. The predicted molar refractivity (Wildman–Crippen MR) is 99.7 cm³/mol. The molecule has 0 aromatic heterocycles. The molecule has 0 radical (unpaired) electrons. The van der Waals surface area contributed by atoms with Crippen LogP contribution in [0, 0.1) is 0 Å². The van der Waals surface area contributed by atoms with Crippen molar-refractivity contribution in [3.05, 3.63) is 48.0 Å². The fraction of sp³-hybridized carbons (Fsp3) is 0.389. The highest BCUT2D eigenvalue weighted by molar-refractivity contribution is 7.80. The third-order valence-corrected chi connectivity index (χ3v) is 4.37. The van der Waals surface area contributed by atoms with Crippen molar-refractivity contribution >= 4 is 29.3 Å². The maximum atomic E-state index is 12.2. The normalized spacial score (nSPS) is 13.7. The van der Waals surface area contributed by atoms with E-state index < -0.39 is 6.04 Å². The monoisotopic (exact) mass is 331 g/mol. The van der Waals surface area contributed by atoms with Crippen molar-refractivity contribution < 1.29 is 4.79 Å². The summed E-state index contributed by atoms with van der Waals surface area (Å²) in [6.07, 6.45) is 2.21. The molecule has 0 fully saturated rings. The number of hydrogen-bond donors (Lipinski definition) is 4. The SMILES string of the molecule is NCCC[C@@H](CS)NC(=O)[C@@H](N)Cc1ccc2ccccc2c1. The Morgan fingerprint density at radius 1 is 1.17 bits per heavy atom. The van der Waals surface area contributed by atoms with Gasteiger partial charge in [-0.15, -0.1) is 0 Å². The van der Waals surface area contributed by atoms with Crippen molar-refractivity contribution in [2.24, 2.45) is 11.5 Å². The molecule has 0 aliphatic rings. The second kappa shape index (κ2) is 8.91. The molecule has 2 aromatic rings. The number of hydrogen-bond acceptors (Lipinski definition) is 4. The molecule has 4 nitrogen and oxygen atoms in total. The fourth-order valence-electron chi connectivity index (χ4n) is 2.59. The van der Waals surface area contributed by atoms with Gasteiger partial charge in [-0.3, -0.25) is 4.79 Å². The van der Waals surface area contributed by atoms with E-state index in [4.69, 9.17) is 11.5 Å². The highest BCUT2D eigenvalue weighted by Crippen LogP contribution is 2.16. The zero-order valence-corrected chi connectivity index (χ0v) is 14.1. The molecule has 2 atom stereocenters. The van der Waals surface area contributed by atoms with Crippen LogP contribution in [0.3, 0.4) is 0 Å². The molecule has 0 saturated carbocycles. The van der Waals surface area contributed by atoms with E-state index in [1.165, 1.54) is 5.39 Å². The van der Waals surface area contributed by atoms with Crippen LogP contribution in [0.5, 0.6) is 0 Å². The first-order valence-electron chi connectivity index (χ1n) is 7.98. The van der Waals surface area contributed by atoms with Gasteiger partial charge in [0.25, 0.3) is 0 Å². The Hall–Kier alpha value is -1.56. The minimum absolute atomic E-state index is 0.0250. The second-order valence-electron chi connectivity index (χ2n) is 5.81. The van der Waals surface area contributed by atoms with Crippen LogP contribution in [0.1, 0.15) is 18.4 Å². The maximum Gasteiger partial charge on any atom is 0.237 e. The number of benzene rings is 2. The molecule has 2 aromatic carbocycles. The molecule has 0 saturated heterocycles. The van der Waals surface area contributed by atoms with Crippen LogP contribution in [-0.2, 0) is 11.2 Å². The predicted octanol–water partition coefficient (Wildman–Crippen LogP) is 1.86. The highest BCUT2D eigenvalue weighted by atomic mass is 32.1. The van der Waals surface area contributed by atoms with E-state index in [0.29, 0.717) is 18.7 Å². The molecule has 23 heavy (non-hydrogen) atoms. The summed E-state index contributed by atoms with van der Waals surface area (Å²) in [5.41, 5.74) is 12.6. The van der Waals surface area contributed by atoms with Crippen LogP contribution >= 0.6 is 12.6 Å². The van der Waals surface area contributed by atoms with Crippen LogP contribution in [-0.4, -0.2) is 30.3 Å². The number of thiol groups is 1. The average Bonchev–Trinajstić information content (AvgIpc) is 2.58. The number of carbonyl (C=O) groups is 1. The third-order valence-electron chi connectivity index (χ3n) is 3.93. The molecule has 0 aliphatic carbocycles. The van der Waals surface area contributed by atoms with Crippen LogP contribution in [0.2, 0.25) is 0 Å². The number of nitrogens with two attached hydrogens (primary N) is 2. The van der Waals surface area contributed by atoms with E-state index in [0.717, 1.165) is 23.8 Å². The Labute approximate surface area is 143 Å². The van der Waals surface area contributed by atoms with Crippen molar-refractivity contribution in [2.75, 3.05) is 12.3 Å². The van der Waals surface area contributed by atoms with Crippen molar-refractivity contribution in [3.63, 3.8) is 0 Å². The van der Waals surface area contributed by atoms with Crippen molar-refractivity contribution in [1.82, 2.24) is 5.32 Å². The quantitative estimate of drug-likeness (QED) is 0.557. The topological polar surface area (TPSA) is 81.1 Å². The molecule has 0 heterocycles. The first-order chi connectivity index (χ1) is 11.1. The van der Waals surface area contributed by atoms with Gasteiger partial charge in [-0.2, -0.15) is 12.6 Å². The first-order valence-corrected chi connectivity index (χ1v) is 8.62. The standard InChI is InChI=1S/C18H25N3OS/c19-9-3-6-16(12-23)21-18(22)17(20)11-13-7-8-14-4-1-2-5-15(14)10-13/h1-2,4-5,7-8,10,16-17,23H,3,6,9,11-12,19-20H2,(H,21,22)/t16-,17-/m0/s1. The molecule has 2 rings (SSSR count). The van der Waals surface area contributed by atoms with Crippen LogP contribution in [0.15, 0.2) is 42.5 Å². The zero-order valence-electron chi connectivity index (χ0n) is 13.2. The zero-order chi connectivity index (χ0) is 16.7. The van der Waals surface area contributed by atoms with Gasteiger partial charge >= 0.3 is 0 Å². The number of amides is 1. The summed E-state index contributed by atoms with van der Waals surface area (Å²) in [4.78, 5) is 12.2. The van der Waals surface area contributed by atoms with Gasteiger partial charge in [0, 0.05) is 11.8 Å². The minimum atomic E-state index is -0.559. The van der Waals surface area contributed by atoms with E-state index in [1.54, 1.807) is 0 Å². The Balaban J connectivity index is 1.96. The highest BCUT2D eigenvalue weighted by Gasteiger charge is 2.17. The van der Waals surface area contributed by atoms with Gasteiger partial charge in [-0.05, 0) is 42.1 Å². The lowest BCUT2D eigenvalue weighted by molar-refractivity contribution is -0.122. The van der Waals surface area contributed by atoms with E-state index in [2.05, 4.69) is 42.2 Å². The molecular formula is C18H25N3OS. The van der Waals surface area contributed by atoms with Gasteiger partial charge in [-0.1, -0.05) is 42.5 Å². The van der Waals surface area contributed by atoms with Gasteiger partial charge in [-0.25, -0.2) is 0 Å². The molecule has 1 amide bonds. The van der Waals surface area contributed by atoms with Gasteiger partial charge in [0.1, 0.15) is 0 Å². The number of carbonyl (C=O) groups excluding carboxylic acids is 1. The van der Waals surface area contributed by atoms with Gasteiger partial charge in [0.05, 0.1) is 6.04 Å². The van der Waals surface area contributed by atoms with Crippen molar-refractivity contribution in [2.45, 2.75) is 31.3 Å². The van der Waals surface area contributed by atoms with Crippen molar-refractivity contribution in [3.8, 4) is 0 Å². The van der Waals surface area contributed by atoms with E-state index in [9.17, 15) is 4.79 Å². The summed E-state index contributed by atoms with van der Waals surface area (Å²) in [5, 5.41) is 5.31. The number of nitrogens with one attached hydrogen (secondary N) is 1. The Morgan fingerprint density at radius 2 is 1.91 bits per heavy atom. The molecule has 5 N–H and O–H groups in total. The summed E-state index contributed by atoms with van der Waals surface area (Å²) >= 11 is 4.27. The second-order valence-corrected chi connectivity index (χ2v) is 6.18. The Bertz CT molecular complexity index is 647. The molecule has 0 unspecified atom stereocenters. The van der Waals surface area contributed by atoms with E-state index in [1.807, 2.05) is 18.2 Å². The molecule has 0 bridgehead atoms. The number of rotatable bonds is 8. The summed E-state index contributed by atoms with van der Waals surface area (Å²) < 4.78 is 0. The van der Waals surface area contributed by atoms with Gasteiger partial charge in [0.2, 0.25) is 5.91 Å². The van der Waals surface area contributed by atoms with E-state index in [-0.39, 0.29) is 11.9 Å². The minimum Gasteiger partial charge on any atom is -0.351 e. The van der Waals surface area contributed by atoms with Gasteiger partial charge in [0.15, 0.2) is 0 Å².